The molecule has 1 N–H and O–H groups in total. The summed E-state index contributed by atoms with van der Waals surface area (Å²) in [6.07, 6.45) is 4.23. The Hall–Kier alpha value is -0.390. The Balaban J connectivity index is 2.87. The van der Waals surface area contributed by atoms with Crippen molar-refractivity contribution in [1.29, 1.82) is 0 Å². The van der Waals surface area contributed by atoms with Gasteiger partial charge in [-0.25, -0.2) is 4.79 Å². The van der Waals surface area contributed by atoms with Crippen molar-refractivity contribution in [2.75, 3.05) is 0 Å². The fraction of sp³-hybridized carbons (Fsp3) is 0.733. The molecule has 1 aliphatic carbocycles. The number of carbonyl (C=O) groups excluding carboxylic acids is 1. The smallest absolute Gasteiger partial charge is 0.328 e. The second-order valence-electron chi connectivity index (χ2n) is 6.40. The maximum atomic E-state index is 11.7. The SMILES string of the molecule is C/C(=C/C(=O)O)CC(C)[C@@]1(I)CCC(=O)CC1(C)C. The molecule has 0 heterocycles. The van der Waals surface area contributed by atoms with Gasteiger partial charge in [-0.3, -0.25) is 4.79 Å². The van der Waals surface area contributed by atoms with Crippen molar-refractivity contribution in [1.82, 2.24) is 0 Å². The highest BCUT2D eigenvalue weighted by Gasteiger charge is 2.50. The van der Waals surface area contributed by atoms with E-state index < -0.39 is 5.97 Å². The summed E-state index contributed by atoms with van der Waals surface area (Å²) < 4.78 is 0.0479. The zero-order valence-corrected chi connectivity index (χ0v) is 14.3. The molecule has 3 nitrogen and oxygen atoms in total. The van der Waals surface area contributed by atoms with Crippen LogP contribution in [0.3, 0.4) is 0 Å². The molecule has 0 bridgehead atoms. The number of carboxylic acids is 1. The third kappa shape index (κ3) is 3.80. The molecule has 1 saturated carbocycles. The monoisotopic (exact) mass is 378 g/mol. The molecule has 0 aromatic heterocycles. The van der Waals surface area contributed by atoms with Gasteiger partial charge in [0.15, 0.2) is 0 Å². The van der Waals surface area contributed by atoms with Gasteiger partial charge in [0, 0.05) is 22.3 Å². The minimum Gasteiger partial charge on any atom is -0.478 e. The number of allylic oxidation sites excluding steroid dienone is 1. The quantitative estimate of drug-likeness (QED) is 0.457. The van der Waals surface area contributed by atoms with E-state index in [1.54, 1.807) is 0 Å². The fourth-order valence-electron chi connectivity index (χ4n) is 3.22. The zero-order valence-electron chi connectivity index (χ0n) is 12.1. The number of hydrogen-bond acceptors (Lipinski definition) is 2. The largest absolute Gasteiger partial charge is 0.478 e. The molecular formula is C15H23IO3. The van der Waals surface area contributed by atoms with Crippen molar-refractivity contribution in [2.24, 2.45) is 11.3 Å². The van der Waals surface area contributed by atoms with Gasteiger partial charge in [-0.2, -0.15) is 0 Å². The molecule has 0 spiro atoms. The summed E-state index contributed by atoms with van der Waals surface area (Å²) in [7, 11) is 0. The minimum absolute atomic E-state index is 0.0359. The third-order valence-corrected chi connectivity index (χ3v) is 7.37. The second kappa shape index (κ2) is 5.94. The summed E-state index contributed by atoms with van der Waals surface area (Å²) in [5, 5.41) is 8.79. The Labute approximate surface area is 129 Å². The van der Waals surface area contributed by atoms with Crippen LogP contribution in [-0.2, 0) is 9.59 Å². The third-order valence-electron chi connectivity index (χ3n) is 4.31. The summed E-state index contributed by atoms with van der Waals surface area (Å²) in [5.41, 5.74) is 0.856. The van der Waals surface area contributed by atoms with Crippen LogP contribution in [0.5, 0.6) is 0 Å². The first-order chi connectivity index (χ1) is 8.58. The molecule has 2 atom stereocenters. The zero-order chi connectivity index (χ0) is 14.8. The van der Waals surface area contributed by atoms with Crippen LogP contribution < -0.4 is 0 Å². The lowest BCUT2D eigenvalue weighted by molar-refractivity contribution is -0.131. The normalized spacial score (nSPS) is 29.1. The molecule has 1 rings (SSSR count). The van der Waals surface area contributed by atoms with Gasteiger partial charge in [-0.05, 0) is 31.1 Å². The molecule has 0 aliphatic heterocycles. The lowest BCUT2D eigenvalue weighted by Crippen LogP contribution is -2.49. The number of alkyl halides is 1. The van der Waals surface area contributed by atoms with E-state index in [9.17, 15) is 9.59 Å². The first-order valence-corrected chi connectivity index (χ1v) is 7.77. The van der Waals surface area contributed by atoms with Gasteiger partial charge in [-0.15, -0.1) is 0 Å². The Morgan fingerprint density at radius 1 is 1.53 bits per heavy atom. The van der Waals surface area contributed by atoms with Crippen molar-refractivity contribution in [2.45, 2.75) is 56.8 Å². The van der Waals surface area contributed by atoms with E-state index in [4.69, 9.17) is 5.11 Å². The van der Waals surface area contributed by atoms with Crippen molar-refractivity contribution < 1.29 is 14.7 Å². The first-order valence-electron chi connectivity index (χ1n) is 6.69. The highest BCUT2D eigenvalue weighted by molar-refractivity contribution is 14.1. The minimum atomic E-state index is -0.884. The van der Waals surface area contributed by atoms with Crippen LogP contribution in [0.4, 0.5) is 0 Å². The number of aliphatic carboxylic acids is 1. The number of halogens is 1. The molecule has 1 fully saturated rings. The van der Waals surface area contributed by atoms with Gasteiger partial charge >= 0.3 is 5.97 Å². The van der Waals surface area contributed by atoms with Gasteiger partial charge < -0.3 is 5.11 Å². The Morgan fingerprint density at radius 2 is 2.11 bits per heavy atom. The lowest BCUT2D eigenvalue weighted by Gasteiger charge is -2.49. The van der Waals surface area contributed by atoms with E-state index in [1.165, 1.54) is 6.08 Å². The summed E-state index contributed by atoms with van der Waals surface area (Å²) in [6, 6.07) is 0. The average Bonchev–Trinajstić information content (AvgIpc) is 2.21. The molecule has 1 unspecified atom stereocenters. The molecule has 0 aromatic carbocycles. The number of rotatable bonds is 4. The summed E-state index contributed by atoms with van der Waals surface area (Å²) in [4.78, 5) is 22.4. The molecule has 0 saturated heterocycles. The van der Waals surface area contributed by atoms with Gasteiger partial charge in [-0.1, -0.05) is 48.9 Å². The highest BCUT2D eigenvalue weighted by atomic mass is 127. The molecular weight excluding hydrogens is 355 g/mol. The van der Waals surface area contributed by atoms with Crippen LogP contribution in [0.1, 0.15) is 53.4 Å². The molecule has 108 valence electrons. The van der Waals surface area contributed by atoms with E-state index in [2.05, 4.69) is 43.4 Å². The number of ketones is 1. The van der Waals surface area contributed by atoms with Crippen molar-refractivity contribution in [3.05, 3.63) is 11.6 Å². The Kier molecular flexibility index (Phi) is 5.21. The lowest BCUT2D eigenvalue weighted by atomic mass is 9.63. The van der Waals surface area contributed by atoms with E-state index in [0.29, 0.717) is 24.5 Å². The number of hydrogen-bond donors (Lipinski definition) is 1. The van der Waals surface area contributed by atoms with Gasteiger partial charge in [0.25, 0.3) is 0 Å². The molecule has 0 aromatic rings. The van der Waals surface area contributed by atoms with E-state index >= 15 is 0 Å². The van der Waals surface area contributed by atoms with Gasteiger partial charge in [0.1, 0.15) is 5.78 Å². The standard InChI is InChI=1S/C15H23IO3/c1-10(8-13(18)19)7-11(2)15(16)6-5-12(17)9-14(15,3)4/h8,11H,5-7,9H2,1-4H3,(H,18,19)/b10-8-/t11?,15-/m0/s1. The fourth-order valence-corrected chi connectivity index (χ4v) is 3.90. The predicted octanol–water partition coefficient (Wildman–Crippen LogP) is 4.00. The van der Waals surface area contributed by atoms with Crippen molar-refractivity contribution in [3.8, 4) is 0 Å². The molecule has 0 radical (unpaired) electrons. The first kappa shape index (κ1) is 16.7. The highest BCUT2D eigenvalue weighted by Crippen LogP contribution is 2.54. The molecule has 4 heteroatoms. The van der Waals surface area contributed by atoms with E-state index in [1.807, 2.05) is 6.92 Å². The van der Waals surface area contributed by atoms with E-state index in [0.717, 1.165) is 18.4 Å². The van der Waals surface area contributed by atoms with E-state index in [-0.39, 0.29) is 8.84 Å². The summed E-state index contributed by atoms with van der Waals surface area (Å²) >= 11 is 2.51. The maximum Gasteiger partial charge on any atom is 0.328 e. The van der Waals surface area contributed by atoms with Crippen molar-refractivity contribution in [3.63, 3.8) is 0 Å². The van der Waals surface area contributed by atoms with Crippen LogP contribution in [0.25, 0.3) is 0 Å². The van der Waals surface area contributed by atoms with Crippen LogP contribution >= 0.6 is 22.6 Å². The van der Waals surface area contributed by atoms with Crippen molar-refractivity contribution >= 4 is 34.3 Å². The second-order valence-corrected chi connectivity index (χ2v) is 8.32. The van der Waals surface area contributed by atoms with Crippen LogP contribution in [0.15, 0.2) is 11.6 Å². The predicted molar refractivity (Wildman–Crippen MR) is 84.6 cm³/mol. The summed E-state index contributed by atoms with van der Waals surface area (Å²) in [6.45, 7) is 8.35. The van der Waals surface area contributed by atoms with Gasteiger partial charge in [0.2, 0.25) is 0 Å². The van der Waals surface area contributed by atoms with Crippen LogP contribution in [0, 0.1) is 11.3 Å². The Bertz CT molecular complexity index is 412. The Morgan fingerprint density at radius 3 is 2.58 bits per heavy atom. The number of carbonyl (C=O) groups is 2. The van der Waals surface area contributed by atoms with Crippen LogP contribution in [0.2, 0.25) is 0 Å². The topological polar surface area (TPSA) is 54.4 Å². The molecule has 1 aliphatic rings. The molecule has 0 amide bonds. The average molecular weight is 378 g/mol. The molecule has 19 heavy (non-hydrogen) atoms. The van der Waals surface area contributed by atoms with Crippen LogP contribution in [-0.4, -0.2) is 20.3 Å². The van der Waals surface area contributed by atoms with Gasteiger partial charge in [0.05, 0.1) is 0 Å². The summed E-state index contributed by atoms with van der Waals surface area (Å²) in [5.74, 6) is -0.181. The maximum absolute atomic E-state index is 11.7. The number of carboxylic acid groups (broad SMARTS) is 1. The number of Topliss-reactive ketones (excluding diaryl/α,β-unsaturated/α-hetero) is 1.